The van der Waals surface area contributed by atoms with E-state index in [1.165, 1.54) is 275 Å². The van der Waals surface area contributed by atoms with Crippen LogP contribution in [0.15, 0.2) is 0 Å². The van der Waals surface area contributed by atoms with Crippen molar-refractivity contribution >= 4 is 0 Å². The van der Waals surface area contributed by atoms with Crippen molar-refractivity contribution in [3.05, 3.63) is 43.3 Å². The highest BCUT2D eigenvalue weighted by Crippen LogP contribution is 3.87. The van der Waals surface area contributed by atoms with Crippen LogP contribution in [0, 0.1) is 448 Å². The molecule has 68 atom stereocenters. The van der Waals surface area contributed by atoms with E-state index in [1.807, 2.05) is 25.7 Å². The van der Waals surface area contributed by atoms with Crippen molar-refractivity contribution in [3.8, 4) is 0 Å². The average molecular weight is 1050 g/mol. The molecule has 0 saturated heterocycles. The van der Waals surface area contributed by atoms with Crippen LogP contribution >= 0.6 is 0 Å². The Morgan fingerprint density at radius 3 is 0.429 bits per heavy atom. The summed E-state index contributed by atoms with van der Waals surface area (Å²) in [6.07, 6.45) is 7.65. The Kier molecular flexibility index (Phi) is 1.12. The fourth-order valence-corrected chi connectivity index (χ4v) is 104. The van der Waals surface area contributed by atoms with Gasteiger partial charge in [-0.25, -0.2) is 0 Å². The van der Waals surface area contributed by atoms with Gasteiger partial charge in [0.1, 0.15) is 0 Å². The zero-order valence-corrected chi connectivity index (χ0v) is 45.1. The standard InChI is InChI=1S/C84H38/c1-5-13-21-14-6-2-10-18-25-29-33-34-30-26-20-12-4-8-16-22-15-7-3-11-19-24-28-32-31-27-23-17-9(1)35(5)39(13)47(21)40(14)36(6,10)44(18)50(25)55(29)59(33)60(34)56(30)52(26)46(20)38(8,12)42(16)48(22)41(15)37(7,11)45(19)51(24)54(28)58(32)57(31)53(27)49(23)43(17,35)61(39)65(47)62(40,44)68(50)72(55)77(59)78(60)74(56)70(52)64(42,46)66(48)63(41,45)69(51)73(54)76(58)75(57)71(53)67(49,61)79(65,68)81(71,72)83(75,77)84(76,78)82(73,74)80(66,69)70/h5-34H,1-4H2. The van der Waals surface area contributed by atoms with Gasteiger partial charge < -0.3 is 0 Å². The topological polar surface area (TPSA) is 0 Å². The molecule has 66 aliphatic carbocycles. The second-order valence-electron chi connectivity index (χ2n) is 56.6. The molecule has 0 aliphatic heterocycles. The van der Waals surface area contributed by atoms with Gasteiger partial charge in [0.05, 0.1) is 0 Å². The zero-order chi connectivity index (χ0) is 45.1. The molecule has 0 amide bonds. The fourth-order valence-electron chi connectivity index (χ4n) is 104. The van der Waals surface area contributed by atoms with Crippen LogP contribution in [0.25, 0.3) is 0 Å². The van der Waals surface area contributed by atoms with Crippen molar-refractivity contribution in [2.75, 3.05) is 0 Å². The van der Waals surface area contributed by atoms with E-state index < -0.39 is 0 Å². The number of rotatable bonds is 0. The smallest absolute Gasteiger partial charge is 0.0000249 e. The van der Waals surface area contributed by atoms with Crippen LogP contribution in [0.5, 0.6) is 0 Å². The molecule has 66 aliphatic rings. The van der Waals surface area contributed by atoms with Crippen LogP contribution in [-0.2, 0) is 0 Å². The van der Waals surface area contributed by atoms with Crippen LogP contribution in [0.3, 0.4) is 0 Å². The maximum atomic E-state index is 1.91. The lowest BCUT2D eigenvalue weighted by Crippen LogP contribution is -3.77. The minimum absolute atomic E-state index is 1.11. The van der Waals surface area contributed by atoms with Gasteiger partial charge >= 0.3 is 0 Å². The van der Waals surface area contributed by atoms with Gasteiger partial charge in [0.2, 0.25) is 0 Å². The first-order valence-electron chi connectivity index (χ1n) is 41.8. The van der Waals surface area contributed by atoms with Gasteiger partial charge in [-0.3, -0.25) is 0 Å². The van der Waals surface area contributed by atoms with E-state index in [9.17, 15) is 0 Å². The Morgan fingerprint density at radius 2 is 0.226 bits per heavy atom. The van der Waals surface area contributed by atoms with Crippen LogP contribution in [0.1, 0.15) is 25.7 Å². The Morgan fingerprint density at radius 1 is 0.107 bits per heavy atom. The van der Waals surface area contributed by atoms with Gasteiger partial charge in [0, 0.05) is 0 Å². The average Bonchev–Trinajstić information content (AvgIpc) is 0.402. The van der Waals surface area contributed by atoms with Gasteiger partial charge in [-0.1, -0.05) is 0 Å². The van der Waals surface area contributed by atoms with E-state index in [0.29, 0.717) is 0 Å². The Labute approximate surface area is 471 Å². The van der Waals surface area contributed by atoms with E-state index in [-0.39, 0.29) is 0 Å². The maximum Gasteiger partial charge on any atom is -0.0000249 e. The molecule has 0 heteroatoms. The summed E-state index contributed by atoms with van der Waals surface area (Å²) in [4.78, 5) is 0. The SMILES string of the molecule is C1C2C3C4C5C6CC7C8C9C%10C%11C%12C%13C%14C%15C%16CC%17C%18C%19C%20C%21CC%22C%23C%24C%25C%26C%27C%28C%29C%30C1C21C32C43C54C67C85C96C%107C%118C%129C%13%10C%14%11C%15%12C%17%16C%18%13C%19%14C%20%15C%21%22C%23%16C%24%17C%25%18C%26%19C%27%20C%28%21C%29%22C%301C21C32C45C63C74C85C96C%107C%118C%13%12C%149C%15%16C%17%10C%18%11C%19%12C%20%13C%21%14C%221C23C%144C%135C%126C%117C9%108. The highest BCUT2D eigenvalue weighted by Gasteiger charge is 3.85. The van der Waals surface area contributed by atoms with E-state index in [0.717, 1.165) is 173 Å². The van der Waals surface area contributed by atoms with E-state index in [2.05, 4.69) is 0 Å². The number of hydrogen-bond donors (Lipinski definition) is 0. The maximum absolute atomic E-state index is 1.91. The Balaban J connectivity index is 0.658. The largest absolute Gasteiger partial charge is 0.0458 e. The fraction of sp³-hybridized carbons (Fsp3) is 1.00. The van der Waals surface area contributed by atoms with Crippen molar-refractivity contribution in [1.29, 1.82) is 0 Å². The summed E-state index contributed by atoms with van der Waals surface area (Å²) >= 11 is 0. The lowest BCUT2D eigenvalue weighted by atomic mass is 8.22. The van der Waals surface area contributed by atoms with Gasteiger partial charge in [-0.2, -0.15) is 0 Å². The summed E-state index contributed by atoms with van der Waals surface area (Å²) in [7, 11) is 0. The van der Waals surface area contributed by atoms with Crippen molar-refractivity contribution in [2.24, 2.45) is 405 Å². The predicted octanol–water partition coefficient (Wildman–Crippen LogP) is 5.90. The van der Waals surface area contributed by atoms with Crippen LogP contribution in [0.2, 0.25) is 0 Å². The third kappa shape index (κ3) is 0.474. The van der Waals surface area contributed by atoms with Crippen LogP contribution in [-0.4, -0.2) is 0 Å². The molecule has 0 aromatic heterocycles. The molecule has 84 heavy (non-hydrogen) atoms. The molecule has 374 valence electrons. The Bertz CT molecular complexity index is 6030. The lowest BCUT2D eigenvalue weighted by Gasteiger charge is -3.79. The second-order valence-corrected chi connectivity index (χ2v) is 56.6. The van der Waals surface area contributed by atoms with E-state index in [4.69, 9.17) is 0 Å². The summed E-state index contributed by atoms with van der Waals surface area (Å²) < 4.78 is 0. The molecule has 66 saturated carbocycles. The monoisotopic (exact) mass is 1050 g/mol. The summed E-state index contributed by atoms with van der Waals surface area (Å²) in [5.41, 5.74) is 57.6. The Hall–Kier alpha value is 0. The molecule has 68 unspecified atom stereocenters. The highest BCUT2D eigenvalue weighted by atomic mass is 15.9. The third-order valence-corrected chi connectivity index (χ3v) is 78.4. The molecule has 0 aromatic carbocycles. The quantitative estimate of drug-likeness (QED) is 0.284. The second kappa shape index (κ2) is 3.60. The molecule has 66 rings (SSSR count). The molecule has 50 spiro atoms. The first kappa shape index (κ1) is 26.1. The van der Waals surface area contributed by atoms with Crippen molar-refractivity contribution in [2.45, 2.75) is 25.7 Å². The van der Waals surface area contributed by atoms with Gasteiger partial charge in [-0.15, -0.1) is 0 Å². The van der Waals surface area contributed by atoms with Gasteiger partial charge in [0.15, 0.2) is 0 Å². The van der Waals surface area contributed by atoms with E-state index in [1.54, 1.807) is 0 Å². The third-order valence-electron chi connectivity index (χ3n) is 78.4. The first-order valence-corrected chi connectivity index (χ1v) is 41.8. The van der Waals surface area contributed by atoms with Crippen LogP contribution in [0.4, 0.5) is 0 Å². The lowest BCUT2D eigenvalue weighted by molar-refractivity contribution is -1.22. The molecule has 0 N–H and O–H groups in total. The molecule has 0 radical (unpaired) electrons. The number of fused-ring (bicyclic) bond motifs is 26. The minimum atomic E-state index is 1.11. The highest BCUT2D eigenvalue weighted by molar-refractivity contribution is 6.57. The van der Waals surface area contributed by atoms with Crippen molar-refractivity contribution in [3.63, 3.8) is 0 Å². The molecule has 0 bridgehead atoms. The summed E-state index contributed by atoms with van der Waals surface area (Å²) in [5, 5.41) is 0. The van der Waals surface area contributed by atoms with E-state index >= 15 is 0 Å². The minimum Gasteiger partial charge on any atom is -0.0458 e. The van der Waals surface area contributed by atoms with Crippen molar-refractivity contribution in [1.82, 2.24) is 0 Å². The molecular formula is C84H38. The number of hydrogen-bond acceptors (Lipinski definition) is 0. The molecule has 66 fully saturated rings. The summed E-state index contributed by atoms with van der Waals surface area (Å²) in [6, 6.07) is 0. The molecular weight excluding hydrogens is 1010 g/mol. The van der Waals surface area contributed by atoms with Crippen LogP contribution < -0.4 is 0 Å². The van der Waals surface area contributed by atoms with Crippen molar-refractivity contribution < 1.29 is 0 Å². The molecule has 0 nitrogen and oxygen atoms in total. The van der Waals surface area contributed by atoms with Gasteiger partial charge in [-0.05, 0) is 474 Å². The molecule has 0 heterocycles. The summed E-state index contributed by atoms with van der Waals surface area (Å²) in [6.45, 7) is 0. The summed E-state index contributed by atoms with van der Waals surface area (Å²) in [5.74, 6) is 43.2. The zero-order valence-electron chi connectivity index (χ0n) is 45.1. The first-order chi connectivity index (χ1) is 41.8. The van der Waals surface area contributed by atoms with Gasteiger partial charge in [0.25, 0.3) is 0 Å². The predicted molar refractivity (Wildman–Crippen MR) is 251 cm³/mol. The normalized spacial score (nSPS) is 154. The molecule has 0 aromatic rings.